The molecule has 0 radical (unpaired) electrons. The first-order chi connectivity index (χ1) is 9.13. The molecule has 108 valence electrons. The Balaban J connectivity index is 1.92. The highest BCUT2D eigenvalue weighted by Crippen LogP contribution is 2.20. The fourth-order valence-corrected chi connectivity index (χ4v) is 2.82. The van der Waals surface area contributed by atoms with E-state index in [2.05, 4.69) is 47.7 Å². The van der Waals surface area contributed by atoms with Crippen LogP contribution in [0.1, 0.15) is 51.8 Å². The van der Waals surface area contributed by atoms with Crippen molar-refractivity contribution in [3.8, 4) is 0 Å². The largest absolute Gasteiger partial charge is 0.327 e. The van der Waals surface area contributed by atoms with E-state index >= 15 is 0 Å². The molecule has 1 fully saturated rings. The maximum absolute atomic E-state index is 6.16. The van der Waals surface area contributed by atoms with E-state index in [1.807, 2.05) is 0 Å². The number of nitrogens with two attached hydrogens (primary N) is 1. The molecule has 0 aliphatic carbocycles. The van der Waals surface area contributed by atoms with Gasteiger partial charge in [-0.05, 0) is 31.7 Å². The molecule has 0 amide bonds. The molecule has 1 aromatic rings. The molecule has 1 aliphatic rings. The van der Waals surface area contributed by atoms with Gasteiger partial charge in [-0.2, -0.15) is 5.10 Å². The van der Waals surface area contributed by atoms with E-state index in [4.69, 9.17) is 5.73 Å². The Morgan fingerprint density at radius 1 is 1.47 bits per heavy atom. The highest BCUT2D eigenvalue weighted by molar-refractivity contribution is 5.00. The highest BCUT2D eigenvalue weighted by atomic mass is 15.3. The molecular formula is C15H28N4. The predicted octanol–water partition coefficient (Wildman–Crippen LogP) is 2.41. The summed E-state index contributed by atoms with van der Waals surface area (Å²) < 4.78 is 2.09. The number of piperidine rings is 1. The average molecular weight is 264 g/mol. The molecule has 0 aromatic carbocycles. The van der Waals surface area contributed by atoms with E-state index in [-0.39, 0.29) is 0 Å². The molecule has 3 atom stereocenters. The molecule has 4 heteroatoms. The van der Waals surface area contributed by atoms with Gasteiger partial charge in [0, 0.05) is 37.9 Å². The van der Waals surface area contributed by atoms with Crippen LogP contribution in [-0.4, -0.2) is 33.8 Å². The van der Waals surface area contributed by atoms with Gasteiger partial charge in [0.25, 0.3) is 0 Å². The molecule has 1 saturated heterocycles. The SMILES string of the molecule is CCC1CN(Cc2ccn(C(C)CC)n2)CCC1N. The summed E-state index contributed by atoms with van der Waals surface area (Å²) in [6, 6.07) is 3.03. The van der Waals surface area contributed by atoms with Gasteiger partial charge < -0.3 is 5.73 Å². The lowest BCUT2D eigenvalue weighted by Crippen LogP contribution is -2.46. The third-order valence-electron chi connectivity index (χ3n) is 4.49. The Morgan fingerprint density at radius 3 is 2.95 bits per heavy atom. The first-order valence-corrected chi connectivity index (χ1v) is 7.66. The van der Waals surface area contributed by atoms with Gasteiger partial charge in [-0.3, -0.25) is 9.58 Å². The lowest BCUT2D eigenvalue weighted by molar-refractivity contribution is 0.143. The van der Waals surface area contributed by atoms with Gasteiger partial charge in [-0.25, -0.2) is 0 Å². The zero-order valence-corrected chi connectivity index (χ0v) is 12.5. The minimum Gasteiger partial charge on any atom is -0.327 e. The number of hydrogen-bond acceptors (Lipinski definition) is 3. The zero-order valence-electron chi connectivity index (χ0n) is 12.5. The number of rotatable bonds is 5. The molecule has 0 saturated carbocycles. The Hall–Kier alpha value is -0.870. The lowest BCUT2D eigenvalue weighted by Gasteiger charge is -2.36. The van der Waals surface area contributed by atoms with Gasteiger partial charge in [-0.1, -0.05) is 20.3 Å². The molecule has 2 N–H and O–H groups in total. The summed E-state index contributed by atoms with van der Waals surface area (Å²) >= 11 is 0. The van der Waals surface area contributed by atoms with Crippen molar-refractivity contribution in [2.24, 2.45) is 11.7 Å². The third kappa shape index (κ3) is 3.57. The van der Waals surface area contributed by atoms with E-state index in [0.29, 0.717) is 18.0 Å². The molecule has 2 rings (SSSR count). The number of nitrogens with zero attached hydrogens (tertiary/aromatic N) is 3. The molecule has 1 aromatic heterocycles. The van der Waals surface area contributed by atoms with Crippen molar-refractivity contribution < 1.29 is 0 Å². The van der Waals surface area contributed by atoms with Gasteiger partial charge in [0.1, 0.15) is 0 Å². The molecule has 1 aliphatic heterocycles. The quantitative estimate of drug-likeness (QED) is 0.888. The second-order valence-corrected chi connectivity index (χ2v) is 5.90. The van der Waals surface area contributed by atoms with Crippen LogP contribution in [0.2, 0.25) is 0 Å². The number of hydrogen-bond donors (Lipinski definition) is 1. The maximum atomic E-state index is 6.16. The molecular weight excluding hydrogens is 236 g/mol. The van der Waals surface area contributed by atoms with Crippen LogP contribution in [0, 0.1) is 5.92 Å². The normalized spacial score (nSPS) is 26.5. The molecule has 0 spiro atoms. The minimum atomic E-state index is 0.388. The number of likely N-dealkylation sites (tertiary alicyclic amines) is 1. The summed E-state index contributed by atoms with van der Waals surface area (Å²) in [7, 11) is 0. The van der Waals surface area contributed by atoms with E-state index in [1.54, 1.807) is 0 Å². The number of aromatic nitrogens is 2. The summed E-state index contributed by atoms with van der Waals surface area (Å²) in [5.41, 5.74) is 7.35. The van der Waals surface area contributed by atoms with Crippen LogP contribution in [0.4, 0.5) is 0 Å². The van der Waals surface area contributed by atoms with E-state index in [9.17, 15) is 0 Å². The van der Waals surface area contributed by atoms with Crippen molar-refractivity contribution in [1.29, 1.82) is 0 Å². The van der Waals surface area contributed by atoms with Crippen LogP contribution in [0.3, 0.4) is 0 Å². The van der Waals surface area contributed by atoms with E-state index in [0.717, 1.165) is 32.5 Å². The summed E-state index contributed by atoms with van der Waals surface area (Å²) in [6.07, 6.45) is 5.53. The Kier molecular flexibility index (Phi) is 4.99. The molecule has 0 bridgehead atoms. The maximum Gasteiger partial charge on any atom is 0.0764 e. The first kappa shape index (κ1) is 14.5. The van der Waals surface area contributed by atoms with Crippen molar-refractivity contribution in [3.05, 3.63) is 18.0 Å². The predicted molar refractivity (Wildman–Crippen MR) is 78.9 cm³/mol. The molecule has 19 heavy (non-hydrogen) atoms. The Bertz CT molecular complexity index is 387. The fourth-order valence-electron chi connectivity index (χ4n) is 2.82. The lowest BCUT2D eigenvalue weighted by atomic mass is 9.91. The summed E-state index contributed by atoms with van der Waals surface area (Å²) in [5, 5.41) is 4.69. The highest BCUT2D eigenvalue weighted by Gasteiger charge is 2.25. The van der Waals surface area contributed by atoms with Crippen molar-refractivity contribution in [2.45, 2.75) is 58.7 Å². The Labute approximate surface area is 117 Å². The van der Waals surface area contributed by atoms with Gasteiger partial charge in [-0.15, -0.1) is 0 Å². The van der Waals surface area contributed by atoms with E-state index in [1.165, 1.54) is 12.1 Å². The second kappa shape index (κ2) is 6.53. The molecule has 2 heterocycles. The Morgan fingerprint density at radius 2 is 2.26 bits per heavy atom. The topological polar surface area (TPSA) is 47.1 Å². The van der Waals surface area contributed by atoms with Crippen LogP contribution < -0.4 is 5.73 Å². The third-order valence-corrected chi connectivity index (χ3v) is 4.49. The average Bonchev–Trinajstić information content (AvgIpc) is 2.88. The smallest absolute Gasteiger partial charge is 0.0764 e. The van der Waals surface area contributed by atoms with Crippen LogP contribution in [0.25, 0.3) is 0 Å². The standard InChI is InChI=1S/C15H28N4/c1-4-12(3)19-9-6-14(17-19)11-18-8-7-15(16)13(5-2)10-18/h6,9,12-13,15H,4-5,7-8,10-11,16H2,1-3H3. The van der Waals surface area contributed by atoms with Crippen LogP contribution >= 0.6 is 0 Å². The van der Waals surface area contributed by atoms with Crippen molar-refractivity contribution >= 4 is 0 Å². The summed E-state index contributed by atoms with van der Waals surface area (Å²) in [5.74, 6) is 0.644. The molecule has 3 unspecified atom stereocenters. The fraction of sp³-hybridized carbons (Fsp3) is 0.800. The van der Waals surface area contributed by atoms with Crippen molar-refractivity contribution in [2.75, 3.05) is 13.1 Å². The first-order valence-electron chi connectivity index (χ1n) is 7.66. The van der Waals surface area contributed by atoms with Crippen LogP contribution in [0.5, 0.6) is 0 Å². The monoisotopic (exact) mass is 264 g/mol. The van der Waals surface area contributed by atoms with Gasteiger partial charge in [0.05, 0.1) is 5.69 Å². The van der Waals surface area contributed by atoms with Crippen molar-refractivity contribution in [1.82, 2.24) is 14.7 Å². The zero-order chi connectivity index (χ0) is 13.8. The molecule has 4 nitrogen and oxygen atoms in total. The van der Waals surface area contributed by atoms with Crippen molar-refractivity contribution in [3.63, 3.8) is 0 Å². The van der Waals surface area contributed by atoms with Crippen LogP contribution in [-0.2, 0) is 6.54 Å². The second-order valence-electron chi connectivity index (χ2n) is 5.90. The summed E-state index contributed by atoms with van der Waals surface area (Å²) in [4.78, 5) is 2.50. The van der Waals surface area contributed by atoms with Gasteiger partial charge in [0.2, 0.25) is 0 Å². The van der Waals surface area contributed by atoms with Crippen LogP contribution in [0.15, 0.2) is 12.3 Å². The summed E-state index contributed by atoms with van der Waals surface area (Å²) in [6.45, 7) is 9.84. The van der Waals surface area contributed by atoms with Gasteiger partial charge >= 0.3 is 0 Å². The minimum absolute atomic E-state index is 0.388. The van der Waals surface area contributed by atoms with Gasteiger partial charge in [0.15, 0.2) is 0 Å². The van der Waals surface area contributed by atoms with E-state index < -0.39 is 0 Å².